The Morgan fingerprint density at radius 3 is 2.44 bits per heavy atom. The zero-order chi connectivity index (χ0) is 28.2. The summed E-state index contributed by atoms with van der Waals surface area (Å²) in [6, 6.07) is 13.2. The lowest BCUT2D eigenvalue weighted by Crippen LogP contribution is -2.13. The molecule has 206 valence electrons. The van der Waals surface area contributed by atoms with Crippen molar-refractivity contribution in [3.05, 3.63) is 63.7 Å². The van der Waals surface area contributed by atoms with Crippen molar-refractivity contribution in [3.8, 4) is 23.3 Å². The Balaban J connectivity index is 1.51. The minimum absolute atomic E-state index is 0.0659. The number of benzene rings is 2. The lowest BCUT2D eigenvalue weighted by Gasteiger charge is -2.13. The second kappa shape index (κ2) is 14.9. The molecule has 0 aliphatic heterocycles. The molecule has 1 heterocycles. The Morgan fingerprint density at radius 1 is 1.00 bits per heavy atom. The van der Waals surface area contributed by atoms with E-state index in [4.69, 9.17) is 18.9 Å². The summed E-state index contributed by atoms with van der Waals surface area (Å²) in [6.07, 6.45) is 1.49. The number of nitrogens with one attached hydrogen (secondary N) is 1. The predicted octanol–water partition coefficient (Wildman–Crippen LogP) is 5.70. The van der Waals surface area contributed by atoms with Crippen LogP contribution in [-0.4, -0.2) is 49.1 Å². The van der Waals surface area contributed by atoms with Gasteiger partial charge in [0.2, 0.25) is 5.13 Å². The topological polar surface area (TPSA) is 116 Å². The molecule has 3 aromatic rings. The second-order valence-electron chi connectivity index (χ2n) is 8.92. The van der Waals surface area contributed by atoms with Gasteiger partial charge in [0.1, 0.15) is 35.6 Å². The molecule has 0 bridgehead atoms. The van der Waals surface area contributed by atoms with Crippen LogP contribution < -0.4 is 19.5 Å². The molecule has 39 heavy (non-hydrogen) atoms. The van der Waals surface area contributed by atoms with E-state index in [1.54, 1.807) is 18.2 Å². The summed E-state index contributed by atoms with van der Waals surface area (Å²) in [5.74, 6) is 1.52. The molecule has 0 aliphatic rings. The molecule has 2 aromatic carbocycles. The van der Waals surface area contributed by atoms with Gasteiger partial charge >= 0.3 is 0 Å². The molecule has 0 fully saturated rings. The first-order valence-electron chi connectivity index (χ1n) is 12.7. The van der Waals surface area contributed by atoms with Crippen LogP contribution in [0.4, 0.5) is 5.13 Å². The maximum atomic E-state index is 12.6. The number of carbonyl (C=O) groups excluding carboxylic acids is 1. The van der Waals surface area contributed by atoms with Gasteiger partial charge in [0, 0.05) is 5.92 Å². The molecule has 0 unspecified atom stereocenters. The van der Waals surface area contributed by atoms with Crippen molar-refractivity contribution in [2.24, 2.45) is 0 Å². The van der Waals surface area contributed by atoms with Gasteiger partial charge in [-0.3, -0.25) is 10.1 Å². The van der Waals surface area contributed by atoms with Crippen molar-refractivity contribution >= 4 is 28.5 Å². The molecule has 1 aromatic heterocycles. The summed E-state index contributed by atoms with van der Waals surface area (Å²) < 4.78 is 22.9. The lowest BCUT2D eigenvalue weighted by atomic mass is 10.1. The number of hydrogen-bond acceptors (Lipinski definition) is 9. The van der Waals surface area contributed by atoms with Gasteiger partial charge in [0.05, 0.1) is 19.8 Å². The van der Waals surface area contributed by atoms with Crippen LogP contribution in [0.5, 0.6) is 17.2 Å². The third kappa shape index (κ3) is 9.09. The zero-order valence-electron chi connectivity index (χ0n) is 22.9. The average molecular weight is 551 g/mol. The molecule has 0 radical (unpaired) electrons. The minimum atomic E-state index is -0.555. The highest BCUT2D eigenvalue weighted by molar-refractivity contribution is 7.15. The van der Waals surface area contributed by atoms with Crippen LogP contribution in [0.3, 0.4) is 0 Å². The van der Waals surface area contributed by atoms with Gasteiger partial charge in [-0.25, -0.2) is 0 Å². The number of nitrogens with zero attached hydrogens (tertiary/aromatic N) is 3. The molecule has 1 N–H and O–H groups in total. The van der Waals surface area contributed by atoms with E-state index in [1.807, 2.05) is 45.0 Å². The van der Waals surface area contributed by atoms with E-state index >= 15 is 0 Å². The van der Waals surface area contributed by atoms with E-state index < -0.39 is 5.91 Å². The third-order valence-electron chi connectivity index (χ3n) is 5.56. The first-order valence-corrected chi connectivity index (χ1v) is 13.6. The minimum Gasteiger partial charge on any atom is -0.491 e. The van der Waals surface area contributed by atoms with Gasteiger partial charge in [0.15, 0.2) is 11.5 Å². The smallest absolute Gasteiger partial charge is 0.268 e. The van der Waals surface area contributed by atoms with Crippen LogP contribution in [0, 0.1) is 25.2 Å². The molecule has 9 nitrogen and oxygen atoms in total. The van der Waals surface area contributed by atoms with Crippen LogP contribution in [-0.2, 0) is 9.53 Å². The van der Waals surface area contributed by atoms with Crippen molar-refractivity contribution in [2.45, 2.75) is 40.5 Å². The van der Waals surface area contributed by atoms with E-state index in [9.17, 15) is 10.1 Å². The van der Waals surface area contributed by atoms with Crippen LogP contribution >= 0.6 is 11.3 Å². The quantitative estimate of drug-likeness (QED) is 0.154. The number of aryl methyl sites for hydroxylation is 2. The molecule has 10 heteroatoms. The van der Waals surface area contributed by atoms with E-state index in [0.29, 0.717) is 55.2 Å². The van der Waals surface area contributed by atoms with Crippen LogP contribution in [0.2, 0.25) is 0 Å². The average Bonchev–Trinajstić information content (AvgIpc) is 3.38. The summed E-state index contributed by atoms with van der Waals surface area (Å²) in [4.78, 5) is 12.6. The molecule has 0 aliphatic carbocycles. The number of aromatic nitrogens is 2. The first-order chi connectivity index (χ1) is 18.8. The number of anilines is 1. The van der Waals surface area contributed by atoms with Gasteiger partial charge in [0.25, 0.3) is 5.91 Å². The largest absolute Gasteiger partial charge is 0.491 e. The van der Waals surface area contributed by atoms with Crippen molar-refractivity contribution in [2.75, 3.05) is 38.4 Å². The number of ether oxygens (including phenoxy) is 4. The monoisotopic (exact) mass is 550 g/mol. The van der Waals surface area contributed by atoms with Gasteiger partial charge in [-0.2, -0.15) is 5.26 Å². The fourth-order valence-corrected chi connectivity index (χ4v) is 4.08. The fraction of sp³-hybridized carbons (Fsp3) is 0.379. The maximum absolute atomic E-state index is 12.6. The van der Waals surface area contributed by atoms with Crippen molar-refractivity contribution in [3.63, 3.8) is 0 Å². The van der Waals surface area contributed by atoms with Crippen LogP contribution in [0.15, 0.2) is 42.0 Å². The number of rotatable bonds is 14. The van der Waals surface area contributed by atoms with Gasteiger partial charge in [-0.15, -0.1) is 10.2 Å². The Bertz CT molecular complexity index is 1330. The molecule has 0 atom stereocenters. The Kier molecular flexibility index (Phi) is 11.3. The number of carbonyl (C=O) groups is 1. The zero-order valence-corrected chi connectivity index (χ0v) is 23.8. The highest BCUT2D eigenvalue weighted by Crippen LogP contribution is 2.30. The highest BCUT2D eigenvalue weighted by Gasteiger charge is 2.15. The van der Waals surface area contributed by atoms with E-state index in [0.717, 1.165) is 10.8 Å². The number of amides is 1. The molecule has 0 spiro atoms. The molecule has 0 saturated carbocycles. The molecule has 3 rings (SSSR count). The predicted molar refractivity (Wildman–Crippen MR) is 152 cm³/mol. The summed E-state index contributed by atoms with van der Waals surface area (Å²) in [5, 5.41) is 21.4. The molecular formula is C29H34N4O5S. The Hall–Kier alpha value is -3.94. The summed E-state index contributed by atoms with van der Waals surface area (Å²) >= 11 is 1.28. The molecular weight excluding hydrogens is 516 g/mol. The second-order valence-corrected chi connectivity index (χ2v) is 9.93. The van der Waals surface area contributed by atoms with Crippen LogP contribution in [0.25, 0.3) is 6.08 Å². The Labute approximate surface area is 233 Å². The van der Waals surface area contributed by atoms with Gasteiger partial charge < -0.3 is 18.9 Å². The molecule has 1 amide bonds. The first kappa shape index (κ1) is 29.6. The van der Waals surface area contributed by atoms with E-state index in [1.165, 1.54) is 28.5 Å². The number of hydrogen-bond donors (Lipinski definition) is 1. The SMILES string of the molecule is CCOc1cc(C=C(C#N)C(=O)Nc2nnc(C(C)C)s2)ccc1OCCOCCOc1ccc(C)c(C)c1. The summed E-state index contributed by atoms with van der Waals surface area (Å²) in [6.45, 7) is 12.0. The normalized spacial score (nSPS) is 11.3. The van der Waals surface area contributed by atoms with E-state index in [-0.39, 0.29) is 11.5 Å². The maximum Gasteiger partial charge on any atom is 0.268 e. The van der Waals surface area contributed by atoms with Gasteiger partial charge in [-0.05, 0) is 67.8 Å². The standard InChI is InChI=1S/C29H34N4O5S/c1-6-36-26-17-22(16-23(18-30)27(34)31-29-33-32-28(39-29)19(2)3)8-10-25(26)38-14-12-35-11-13-37-24-9-7-20(4)21(5)15-24/h7-10,15-17,19H,6,11-14H2,1-5H3,(H,31,33,34). The van der Waals surface area contributed by atoms with Crippen molar-refractivity contribution in [1.82, 2.24) is 10.2 Å². The molecule has 0 saturated heterocycles. The fourth-order valence-electron chi connectivity index (χ4n) is 3.33. The third-order valence-corrected chi connectivity index (χ3v) is 6.70. The van der Waals surface area contributed by atoms with Crippen molar-refractivity contribution < 1.29 is 23.7 Å². The van der Waals surface area contributed by atoms with E-state index in [2.05, 4.69) is 29.4 Å². The van der Waals surface area contributed by atoms with Crippen LogP contribution in [0.1, 0.15) is 48.4 Å². The number of nitriles is 1. The summed E-state index contributed by atoms with van der Waals surface area (Å²) in [5.41, 5.74) is 2.97. The van der Waals surface area contributed by atoms with Crippen molar-refractivity contribution in [1.29, 1.82) is 5.26 Å². The Morgan fingerprint density at radius 2 is 1.77 bits per heavy atom. The van der Waals surface area contributed by atoms with Gasteiger partial charge in [-0.1, -0.05) is 37.3 Å². The summed E-state index contributed by atoms with van der Waals surface area (Å²) in [7, 11) is 0. The lowest BCUT2D eigenvalue weighted by molar-refractivity contribution is -0.112. The highest BCUT2D eigenvalue weighted by atomic mass is 32.1.